The van der Waals surface area contributed by atoms with Crippen molar-refractivity contribution in [2.45, 2.75) is 30.7 Å². The summed E-state index contributed by atoms with van der Waals surface area (Å²) < 4.78 is 16.0. The second kappa shape index (κ2) is 9.67. The number of phenolic OH excluding ortho intramolecular Hbond substituents is 3. The Balaban J connectivity index is 1.67. The number of rotatable bonds is 6. The van der Waals surface area contributed by atoms with Crippen LogP contribution in [0.3, 0.4) is 0 Å². The van der Waals surface area contributed by atoms with E-state index in [0.29, 0.717) is 5.56 Å². The van der Waals surface area contributed by atoms with Gasteiger partial charge in [0.1, 0.15) is 18.3 Å². The number of esters is 1. The molecule has 5 atom stereocenters. The number of aromatic hydroxyl groups is 3. The van der Waals surface area contributed by atoms with Gasteiger partial charge in [0, 0.05) is 6.08 Å². The lowest BCUT2D eigenvalue weighted by Crippen LogP contribution is -2.61. The van der Waals surface area contributed by atoms with Crippen LogP contribution in [0.5, 0.6) is 23.0 Å². The Morgan fingerprint density at radius 2 is 1.74 bits per heavy atom. The summed E-state index contributed by atoms with van der Waals surface area (Å²) in [6.07, 6.45) is -5.07. The second-order valence-corrected chi connectivity index (χ2v) is 6.78. The third-order valence-electron chi connectivity index (χ3n) is 4.59. The summed E-state index contributed by atoms with van der Waals surface area (Å²) in [6.45, 7) is -0.655. The molecule has 0 saturated carbocycles. The number of hydrogen-bond acceptors (Lipinski definition) is 10. The van der Waals surface area contributed by atoms with Crippen LogP contribution in [0.2, 0.25) is 0 Å². The number of carbonyl (C=O) groups is 1. The van der Waals surface area contributed by atoms with Crippen molar-refractivity contribution in [2.75, 3.05) is 6.61 Å². The van der Waals surface area contributed by atoms with Crippen molar-refractivity contribution in [1.82, 2.24) is 0 Å². The molecule has 1 saturated heterocycles. The summed E-state index contributed by atoms with van der Waals surface area (Å²) in [5.41, 5.74) is 0.391. The fraction of sp³-hybridized carbons (Fsp3) is 0.286. The first-order chi connectivity index (χ1) is 14.8. The van der Waals surface area contributed by atoms with E-state index in [1.54, 1.807) is 12.1 Å². The third-order valence-corrected chi connectivity index (χ3v) is 4.59. The molecule has 1 heterocycles. The molecule has 0 radical (unpaired) electrons. The van der Waals surface area contributed by atoms with Gasteiger partial charge in [-0.15, -0.1) is 0 Å². The van der Waals surface area contributed by atoms with Crippen LogP contribution in [-0.2, 0) is 14.3 Å². The van der Waals surface area contributed by atoms with E-state index in [0.717, 1.165) is 6.08 Å². The Labute approximate surface area is 176 Å². The van der Waals surface area contributed by atoms with Gasteiger partial charge in [0.2, 0.25) is 6.29 Å². The minimum absolute atomic E-state index is 0.00836. The Hall–Kier alpha value is -3.31. The lowest BCUT2D eigenvalue weighted by molar-refractivity contribution is -0.280. The molecule has 2 aromatic rings. The normalized spacial score (nSPS) is 26.0. The molecule has 2 aromatic carbocycles. The van der Waals surface area contributed by atoms with Gasteiger partial charge in [-0.2, -0.15) is 0 Å². The predicted molar refractivity (Wildman–Crippen MR) is 105 cm³/mol. The van der Waals surface area contributed by atoms with Gasteiger partial charge in [0.05, 0.1) is 6.61 Å². The number of hydrogen-bond donors (Lipinski definition) is 6. The molecule has 1 aliphatic rings. The molecule has 0 unspecified atom stereocenters. The van der Waals surface area contributed by atoms with Gasteiger partial charge in [0.15, 0.2) is 29.1 Å². The zero-order chi connectivity index (χ0) is 22.5. The highest BCUT2D eigenvalue weighted by molar-refractivity contribution is 5.87. The standard InChI is InChI=1S/C21H22O10/c22-10-16-20(31-17(26)8-6-11-5-7-12(23)14(25)9-11)18(27)19(28)21(30-16)29-15-4-2-1-3-13(15)24/h1-9,16,18-25,27-28H,10H2/b8-6+/t16-,18-,19-,20-,21-/m1/s1. The highest BCUT2D eigenvalue weighted by Crippen LogP contribution is 2.31. The van der Waals surface area contributed by atoms with Crippen LogP contribution in [0.15, 0.2) is 48.5 Å². The fourth-order valence-electron chi connectivity index (χ4n) is 2.96. The average Bonchev–Trinajstić information content (AvgIpc) is 2.75. The van der Waals surface area contributed by atoms with Crippen LogP contribution >= 0.6 is 0 Å². The maximum absolute atomic E-state index is 12.2. The molecule has 0 amide bonds. The third kappa shape index (κ3) is 5.25. The number of carbonyl (C=O) groups excluding carboxylic acids is 1. The first kappa shape index (κ1) is 22.4. The smallest absolute Gasteiger partial charge is 0.331 e. The minimum Gasteiger partial charge on any atom is -0.504 e. The largest absolute Gasteiger partial charge is 0.504 e. The van der Waals surface area contributed by atoms with Crippen LogP contribution in [-0.4, -0.2) is 73.9 Å². The zero-order valence-electron chi connectivity index (χ0n) is 16.1. The first-order valence-corrected chi connectivity index (χ1v) is 9.28. The van der Waals surface area contributed by atoms with E-state index in [1.165, 1.54) is 36.4 Å². The highest BCUT2D eigenvalue weighted by Gasteiger charge is 2.47. The molecule has 0 aliphatic carbocycles. The summed E-state index contributed by atoms with van der Waals surface area (Å²) in [5.74, 6) is -1.82. The van der Waals surface area contributed by atoms with Crippen LogP contribution in [0, 0.1) is 0 Å². The Kier molecular flexibility index (Phi) is 6.98. The van der Waals surface area contributed by atoms with Gasteiger partial charge in [0.25, 0.3) is 0 Å². The number of para-hydroxylation sites is 2. The summed E-state index contributed by atoms with van der Waals surface area (Å²) in [6, 6.07) is 9.82. The average molecular weight is 434 g/mol. The molecule has 166 valence electrons. The molecule has 0 bridgehead atoms. The predicted octanol–water partition coefficient (Wildman–Crippen LogP) is 0.246. The van der Waals surface area contributed by atoms with Gasteiger partial charge in [-0.1, -0.05) is 18.2 Å². The topological polar surface area (TPSA) is 166 Å². The van der Waals surface area contributed by atoms with E-state index in [-0.39, 0.29) is 23.0 Å². The van der Waals surface area contributed by atoms with Gasteiger partial charge >= 0.3 is 5.97 Å². The molecule has 3 rings (SSSR count). The Morgan fingerprint density at radius 1 is 1.00 bits per heavy atom. The maximum Gasteiger partial charge on any atom is 0.331 e. The SMILES string of the molecule is O=C(/C=C/c1ccc(O)c(O)c1)O[C@H]1[C@H](O)[C@@H](O)[C@H](Oc2ccccc2O)O[C@@H]1CO. The van der Waals surface area contributed by atoms with E-state index in [4.69, 9.17) is 14.2 Å². The molecular formula is C21H22O10. The van der Waals surface area contributed by atoms with Crippen molar-refractivity contribution in [3.8, 4) is 23.0 Å². The van der Waals surface area contributed by atoms with E-state index in [2.05, 4.69) is 0 Å². The van der Waals surface area contributed by atoms with Crippen LogP contribution in [0.1, 0.15) is 5.56 Å². The molecule has 1 aliphatic heterocycles. The van der Waals surface area contributed by atoms with E-state index in [9.17, 15) is 35.4 Å². The monoisotopic (exact) mass is 434 g/mol. The Bertz CT molecular complexity index is 942. The van der Waals surface area contributed by atoms with Crippen LogP contribution in [0.25, 0.3) is 6.08 Å². The Morgan fingerprint density at radius 3 is 2.42 bits per heavy atom. The number of benzene rings is 2. The van der Waals surface area contributed by atoms with Crippen molar-refractivity contribution < 1.29 is 49.6 Å². The zero-order valence-corrected chi connectivity index (χ0v) is 16.1. The van der Waals surface area contributed by atoms with Gasteiger partial charge < -0.3 is 44.8 Å². The minimum atomic E-state index is -1.66. The lowest BCUT2D eigenvalue weighted by atomic mass is 9.99. The summed E-state index contributed by atoms with van der Waals surface area (Å²) in [7, 11) is 0. The number of aliphatic hydroxyl groups is 3. The number of aliphatic hydroxyl groups excluding tert-OH is 3. The van der Waals surface area contributed by atoms with E-state index < -0.39 is 43.3 Å². The van der Waals surface area contributed by atoms with Crippen LogP contribution in [0.4, 0.5) is 0 Å². The van der Waals surface area contributed by atoms with Gasteiger partial charge in [-0.25, -0.2) is 4.79 Å². The van der Waals surface area contributed by atoms with Crippen LogP contribution < -0.4 is 4.74 Å². The van der Waals surface area contributed by atoms with E-state index in [1.807, 2.05) is 0 Å². The summed E-state index contributed by atoms with van der Waals surface area (Å²) >= 11 is 0. The quantitative estimate of drug-likeness (QED) is 0.211. The van der Waals surface area contributed by atoms with Gasteiger partial charge in [-0.3, -0.25) is 0 Å². The van der Waals surface area contributed by atoms with Crippen molar-refractivity contribution in [2.24, 2.45) is 0 Å². The number of ether oxygens (including phenoxy) is 3. The van der Waals surface area contributed by atoms with E-state index >= 15 is 0 Å². The molecule has 10 nitrogen and oxygen atoms in total. The maximum atomic E-state index is 12.2. The molecular weight excluding hydrogens is 412 g/mol. The molecule has 0 spiro atoms. The molecule has 0 aromatic heterocycles. The highest BCUT2D eigenvalue weighted by atomic mass is 16.7. The fourth-order valence-corrected chi connectivity index (χ4v) is 2.96. The van der Waals surface area contributed by atoms with Crippen molar-refractivity contribution in [1.29, 1.82) is 0 Å². The van der Waals surface area contributed by atoms with Crippen molar-refractivity contribution >= 4 is 12.0 Å². The molecule has 1 fully saturated rings. The number of phenols is 3. The van der Waals surface area contributed by atoms with Crippen molar-refractivity contribution in [3.63, 3.8) is 0 Å². The lowest BCUT2D eigenvalue weighted by Gasteiger charge is -2.41. The van der Waals surface area contributed by atoms with Crippen molar-refractivity contribution in [3.05, 3.63) is 54.1 Å². The molecule has 6 N–H and O–H groups in total. The second-order valence-electron chi connectivity index (χ2n) is 6.78. The molecule has 31 heavy (non-hydrogen) atoms. The first-order valence-electron chi connectivity index (χ1n) is 9.28. The summed E-state index contributed by atoms with van der Waals surface area (Å²) in [5, 5.41) is 58.9. The van der Waals surface area contributed by atoms with Gasteiger partial charge in [-0.05, 0) is 35.9 Å². The summed E-state index contributed by atoms with van der Waals surface area (Å²) in [4.78, 5) is 12.2. The molecule has 10 heteroatoms.